The van der Waals surface area contributed by atoms with Crippen molar-refractivity contribution in [1.82, 2.24) is 10.2 Å². The SMILES string of the molecule is CCCN(CC(NC1CC1)(C(=O)OCC)C1CC1)C(C)C. The molecule has 0 aromatic heterocycles. The van der Waals surface area contributed by atoms with E-state index in [-0.39, 0.29) is 5.97 Å². The molecule has 0 aromatic carbocycles. The van der Waals surface area contributed by atoms with Crippen molar-refractivity contribution < 1.29 is 9.53 Å². The van der Waals surface area contributed by atoms with Gasteiger partial charge in [-0.3, -0.25) is 10.2 Å². The van der Waals surface area contributed by atoms with Gasteiger partial charge in [-0.15, -0.1) is 0 Å². The molecule has 2 aliphatic carbocycles. The van der Waals surface area contributed by atoms with Gasteiger partial charge in [0, 0.05) is 18.6 Å². The lowest BCUT2D eigenvalue weighted by Gasteiger charge is -2.39. The maximum atomic E-state index is 12.8. The second-order valence-corrected chi connectivity index (χ2v) is 6.95. The lowest BCUT2D eigenvalue weighted by Crippen LogP contribution is -2.63. The van der Waals surface area contributed by atoms with E-state index in [0.717, 1.165) is 32.4 Å². The molecule has 2 fully saturated rings. The first-order chi connectivity index (χ1) is 10.0. The highest BCUT2D eigenvalue weighted by molar-refractivity contribution is 5.82. The van der Waals surface area contributed by atoms with Crippen LogP contribution in [-0.4, -0.2) is 48.2 Å². The van der Waals surface area contributed by atoms with Crippen molar-refractivity contribution in [2.24, 2.45) is 5.92 Å². The van der Waals surface area contributed by atoms with E-state index in [0.29, 0.717) is 24.6 Å². The molecule has 122 valence electrons. The largest absolute Gasteiger partial charge is 0.465 e. The summed E-state index contributed by atoms with van der Waals surface area (Å²) in [6.07, 6.45) is 5.81. The molecular weight excluding hydrogens is 264 g/mol. The van der Waals surface area contributed by atoms with Crippen LogP contribution < -0.4 is 5.32 Å². The molecule has 4 nitrogen and oxygen atoms in total. The van der Waals surface area contributed by atoms with Crippen molar-refractivity contribution in [3.63, 3.8) is 0 Å². The van der Waals surface area contributed by atoms with E-state index in [1.54, 1.807) is 0 Å². The van der Waals surface area contributed by atoms with Crippen molar-refractivity contribution in [2.75, 3.05) is 19.7 Å². The number of carbonyl (C=O) groups excluding carboxylic acids is 1. The first kappa shape index (κ1) is 16.8. The van der Waals surface area contributed by atoms with Gasteiger partial charge in [-0.25, -0.2) is 4.79 Å². The predicted octanol–water partition coefficient (Wildman–Crippen LogP) is 2.57. The molecule has 0 bridgehead atoms. The Morgan fingerprint density at radius 3 is 2.38 bits per heavy atom. The molecule has 2 saturated carbocycles. The standard InChI is InChI=1S/C17H32N2O2/c1-5-11-19(13(3)4)12-17(14-7-8-14,16(20)21-6-2)18-15-9-10-15/h13-15,18H,5-12H2,1-4H3. The van der Waals surface area contributed by atoms with Gasteiger partial charge in [-0.05, 0) is 65.3 Å². The Balaban J connectivity index is 2.17. The zero-order valence-electron chi connectivity index (χ0n) is 14.2. The molecule has 2 aliphatic rings. The summed E-state index contributed by atoms with van der Waals surface area (Å²) in [5.74, 6) is 0.427. The fourth-order valence-corrected chi connectivity index (χ4v) is 3.14. The minimum atomic E-state index is -0.476. The van der Waals surface area contributed by atoms with Gasteiger partial charge in [0.1, 0.15) is 5.54 Å². The molecule has 1 N–H and O–H groups in total. The maximum Gasteiger partial charge on any atom is 0.327 e. The van der Waals surface area contributed by atoms with E-state index in [9.17, 15) is 4.79 Å². The average Bonchev–Trinajstić information content (AvgIpc) is 3.29. The van der Waals surface area contributed by atoms with Crippen LogP contribution in [0.2, 0.25) is 0 Å². The van der Waals surface area contributed by atoms with Gasteiger partial charge in [-0.1, -0.05) is 6.92 Å². The Morgan fingerprint density at radius 2 is 1.95 bits per heavy atom. The summed E-state index contributed by atoms with van der Waals surface area (Å²) in [5, 5.41) is 3.68. The summed E-state index contributed by atoms with van der Waals surface area (Å²) < 4.78 is 5.47. The van der Waals surface area contributed by atoms with E-state index >= 15 is 0 Å². The monoisotopic (exact) mass is 296 g/mol. The van der Waals surface area contributed by atoms with Crippen LogP contribution >= 0.6 is 0 Å². The smallest absolute Gasteiger partial charge is 0.327 e. The molecular formula is C17H32N2O2. The highest BCUT2D eigenvalue weighted by Crippen LogP contribution is 2.43. The van der Waals surface area contributed by atoms with Crippen LogP contribution in [0.1, 0.15) is 59.8 Å². The first-order valence-corrected chi connectivity index (χ1v) is 8.72. The highest BCUT2D eigenvalue weighted by atomic mass is 16.5. The Morgan fingerprint density at radius 1 is 1.29 bits per heavy atom. The van der Waals surface area contributed by atoms with Gasteiger partial charge >= 0.3 is 5.97 Å². The average molecular weight is 296 g/mol. The summed E-state index contributed by atoms with van der Waals surface area (Å²) in [6.45, 7) is 10.8. The third-order valence-corrected chi connectivity index (χ3v) is 4.65. The first-order valence-electron chi connectivity index (χ1n) is 8.72. The summed E-state index contributed by atoms with van der Waals surface area (Å²) in [6, 6.07) is 0.976. The van der Waals surface area contributed by atoms with Gasteiger partial charge < -0.3 is 4.74 Å². The normalized spacial score (nSPS) is 21.6. The molecule has 0 spiro atoms. The quantitative estimate of drug-likeness (QED) is 0.629. The molecule has 1 atom stereocenters. The third kappa shape index (κ3) is 4.19. The number of hydrogen-bond acceptors (Lipinski definition) is 4. The molecule has 0 saturated heterocycles. The van der Waals surface area contributed by atoms with Crippen LogP contribution in [0, 0.1) is 5.92 Å². The van der Waals surface area contributed by atoms with Crippen molar-refractivity contribution in [1.29, 1.82) is 0 Å². The van der Waals surface area contributed by atoms with E-state index in [1.807, 2.05) is 6.92 Å². The van der Waals surface area contributed by atoms with Crippen LogP contribution in [0.25, 0.3) is 0 Å². The molecule has 21 heavy (non-hydrogen) atoms. The van der Waals surface area contributed by atoms with E-state index < -0.39 is 5.54 Å². The van der Waals surface area contributed by atoms with Gasteiger partial charge in [0.15, 0.2) is 0 Å². The van der Waals surface area contributed by atoms with Crippen molar-refractivity contribution in [2.45, 2.75) is 77.4 Å². The number of rotatable bonds is 10. The van der Waals surface area contributed by atoms with Crippen molar-refractivity contribution in [3.8, 4) is 0 Å². The fraction of sp³-hybridized carbons (Fsp3) is 0.941. The fourth-order valence-electron chi connectivity index (χ4n) is 3.14. The third-order valence-electron chi connectivity index (χ3n) is 4.65. The van der Waals surface area contributed by atoms with E-state index in [2.05, 4.69) is 31.0 Å². The maximum absolute atomic E-state index is 12.8. The van der Waals surface area contributed by atoms with Crippen molar-refractivity contribution >= 4 is 5.97 Å². The Hall–Kier alpha value is -0.610. The number of esters is 1. The van der Waals surface area contributed by atoms with Gasteiger partial charge in [0.2, 0.25) is 0 Å². The van der Waals surface area contributed by atoms with Gasteiger partial charge in [0.25, 0.3) is 0 Å². The topological polar surface area (TPSA) is 41.6 Å². The Labute approximate surface area is 129 Å². The number of nitrogens with zero attached hydrogens (tertiary/aromatic N) is 1. The Kier molecular flexibility index (Phi) is 5.67. The second-order valence-electron chi connectivity index (χ2n) is 6.95. The predicted molar refractivity (Wildman–Crippen MR) is 85.2 cm³/mol. The molecule has 0 amide bonds. The van der Waals surface area contributed by atoms with Gasteiger partial charge in [-0.2, -0.15) is 0 Å². The minimum Gasteiger partial charge on any atom is -0.465 e. The lowest BCUT2D eigenvalue weighted by molar-refractivity contribution is -0.153. The lowest BCUT2D eigenvalue weighted by atomic mass is 9.91. The van der Waals surface area contributed by atoms with E-state index in [4.69, 9.17) is 4.74 Å². The molecule has 0 aliphatic heterocycles. The molecule has 1 unspecified atom stereocenters. The molecule has 2 rings (SSSR count). The summed E-state index contributed by atoms with van der Waals surface area (Å²) >= 11 is 0. The summed E-state index contributed by atoms with van der Waals surface area (Å²) in [5.41, 5.74) is -0.476. The van der Waals surface area contributed by atoms with Crippen LogP contribution in [0.5, 0.6) is 0 Å². The highest BCUT2D eigenvalue weighted by Gasteiger charge is 2.54. The molecule has 4 heteroatoms. The number of hydrogen-bond donors (Lipinski definition) is 1. The zero-order valence-corrected chi connectivity index (χ0v) is 14.2. The minimum absolute atomic E-state index is 0.0267. The number of ether oxygens (including phenoxy) is 1. The van der Waals surface area contributed by atoms with Crippen LogP contribution in [-0.2, 0) is 9.53 Å². The molecule has 0 heterocycles. The van der Waals surface area contributed by atoms with Crippen LogP contribution in [0.15, 0.2) is 0 Å². The molecule has 0 aromatic rings. The second kappa shape index (κ2) is 7.10. The summed E-state index contributed by atoms with van der Waals surface area (Å²) in [7, 11) is 0. The number of carbonyl (C=O) groups is 1. The molecule has 0 radical (unpaired) electrons. The number of nitrogens with one attached hydrogen (secondary N) is 1. The van der Waals surface area contributed by atoms with Crippen molar-refractivity contribution in [3.05, 3.63) is 0 Å². The van der Waals surface area contributed by atoms with Gasteiger partial charge in [0.05, 0.1) is 6.61 Å². The van der Waals surface area contributed by atoms with Crippen LogP contribution in [0.3, 0.4) is 0 Å². The Bertz CT molecular complexity index is 351. The summed E-state index contributed by atoms with van der Waals surface area (Å²) in [4.78, 5) is 15.2. The van der Waals surface area contributed by atoms with E-state index in [1.165, 1.54) is 12.8 Å². The zero-order chi connectivity index (χ0) is 15.5. The van der Waals surface area contributed by atoms with Crippen LogP contribution in [0.4, 0.5) is 0 Å².